The van der Waals surface area contributed by atoms with Crippen LogP contribution in [0.2, 0.25) is 10.0 Å². The van der Waals surface area contributed by atoms with E-state index in [1.54, 1.807) is 6.07 Å². The molecule has 0 aliphatic carbocycles. The minimum atomic E-state index is -0.184. The summed E-state index contributed by atoms with van der Waals surface area (Å²) in [6.07, 6.45) is 2.95. The SMILES string of the molecule is O=C(Cn1cnnn1)NC1CCCOc2c1ccc(Cl)c2Cl. The molecule has 3 rings (SSSR count). The number of hydrogen-bond donors (Lipinski definition) is 1. The number of tetrazole rings is 1. The third-order valence-electron chi connectivity index (χ3n) is 3.37. The van der Waals surface area contributed by atoms with Crippen LogP contribution in [0.3, 0.4) is 0 Å². The van der Waals surface area contributed by atoms with Gasteiger partial charge < -0.3 is 10.1 Å². The van der Waals surface area contributed by atoms with Crippen LogP contribution in [-0.2, 0) is 11.3 Å². The smallest absolute Gasteiger partial charge is 0.242 e. The van der Waals surface area contributed by atoms with Gasteiger partial charge in [0.1, 0.15) is 23.6 Å². The number of halogens is 2. The maximum absolute atomic E-state index is 12.1. The van der Waals surface area contributed by atoms with Gasteiger partial charge in [0.2, 0.25) is 5.91 Å². The van der Waals surface area contributed by atoms with Crippen molar-refractivity contribution in [2.75, 3.05) is 6.61 Å². The van der Waals surface area contributed by atoms with Gasteiger partial charge in [-0.3, -0.25) is 4.79 Å². The molecule has 0 saturated heterocycles. The molecule has 0 radical (unpaired) electrons. The Kier molecular flexibility index (Phi) is 4.44. The van der Waals surface area contributed by atoms with Crippen molar-refractivity contribution < 1.29 is 9.53 Å². The highest BCUT2D eigenvalue weighted by atomic mass is 35.5. The minimum absolute atomic E-state index is 0.0566. The summed E-state index contributed by atoms with van der Waals surface area (Å²) in [6, 6.07) is 3.35. The van der Waals surface area contributed by atoms with E-state index in [1.165, 1.54) is 11.0 Å². The zero-order valence-electron chi connectivity index (χ0n) is 11.5. The molecule has 1 aromatic heterocycles. The molecule has 2 heterocycles. The van der Waals surface area contributed by atoms with Gasteiger partial charge in [-0.15, -0.1) is 5.10 Å². The molecule has 1 atom stereocenters. The number of amides is 1. The first-order chi connectivity index (χ1) is 10.6. The van der Waals surface area contributed by atoms with Gasteiger partial charge in [-0.1, -0.05) is 29.3 Å². The fourth-order valence-electron chi connectivity index (χ4n) is 2.38. The normalized spacial score (nSPS) is 17.3. The van der Waals surface area contributed by atoms with E-state index in [2.05, 4.69) is 20.8 Å². The van der Waals surface area contributed by atoms with E-state index >= 15 is 0 Å². The summed E-state index contributed by atoms with van der Waals surface area (Å²) in [5.41, 5.74) is 0.831. The Morgan fingerprint density at radius 2 is 2.32 bits per heavy atom. The summed E-state index contributed by atoms with van der Waals surface area (Å²) in [5.74, 6) is 0.357. The molecule has 0 spiro atoms. The monoisotopic (exact) mass is 341 g/mol. The maximum atomic E-state index is 12.1. The van der Waals surface area contributed by atoms with Crippen LogP contribution in [0.4, 0.5) is 0 Å². The number of rotatable bonds is 3. The van der Waals surface area contributed by atoms with Crippen molar-refractivity contribution in [3.63, 3.8) is 0 Å². The van der Waals surface area contributed by atoms with E-state index in [0.717, 1.165) is 18.4 Å². The largest absolute Gasteiger partial charge is 0.492 e. The molecule has 1 unspecified atom stereocenters. The average Bonchev–Trinajstić information content (AvgIpc) is 2.91. The molecule has 1 aromatic carbocycles. The zero-order valence-corrected chi connectivity index (χ0v) is 13.0. The molecule has 9 heteroatoms. The summed E-state index contributed by atoms with van der Waals surface area (Å²) >= 11 is 12.2. The number of hydrogen-bond acceptors (Lipinski definition) is 5. The summed E-state index contributed by atoms with van der Waals surface area (Å²) in [6.45, 7) is 0.591. The van der Waals surface area contributed by atoms with E-state index in [0.29, 0.717) is 22.4 Å². The predicted molar refractivity (Wildman–Crippen MR) is 79.9 cm³/mol. The number of aromatic nitrogens is 4. The lowest BCUT2D eigenvalue weighted by Crippen LogP contribution is -2.31. The molecule has 2 aromatic rings. The Hall–Kier alpha value is -1.86. The van der Waals surface area contributed by atoms with Crippen molar-refractivity contribution in [2.24, 2.45) is 0 Å². The Morgan fingerprint density at radius 3 is 3.09 bits per heavy atom. The fraction of sp³-hybridized carbons (Fsp3) is 0.385. The van der Waals surface area contributed by atoms with Crippen molar-refractivity contribution in [3.8, 4) is 5.75 Å². The van der Waals surface area contributed by atoms with Crippen molar-refractivity contribution >= 4 is 29.1 Å². The number of benzene rings is 1. The van der Waals surface area contributed by atoms with Gasteiger partial charge in [-0.05, 0) is 29.3 Å². The second-order valence-corrected chi connectivity index (χ2v) is 5.68. The molecular formula is C13H13Cl2N5O2. The van der Waals surface area contributed by atoms with E-state index in [-0.39, 0.29) is 18.5 Å². The molecule has 0 saturated carbocycles. The first-order valence-corrected chi connectivity index (χ1v) is 7.51. The number of fused-ring (bicyclic) bond motifs is 1. The van der Waals surface area contributed by atoms with Crippen LogP contribution in [0, 0.1) is 0 Å². The highest BCUT2D eigenvalue weighted by molar-refractivity contribution is 6.43. The molecule has 22 heavy (non-hydrogen) atoms. The average molecular weight is 342 g/mol. The van der Waals surface area contributed by atoms with E-state index < -0.39 is 0 Å². The maximum Gasteiger partial charge on any atom is 0.242 e. The molecule has 1 aliphatic rings. The van der Waals surface area contributed by atoms with E-state index in [9.17, 15) is 4.79 Å². The molecule has 1 aliphatic heterocycles. The summed E-state index contributed by atoms with van der Waals surface area (Å²) in [7, 11) is 0. The number of ether oxygens (including phenoxy) is 1. The lowest BCUT2D eigenvalue weighted by atomic mass is 10.0. The quantitative estimate of drug-likeness (QED) is 0.923. The number of nitrogens with one attached hydrogen (secondary N) is 1. The summed E-state index contributed by atoms with van der Waals surface area (Å²) in [5, 5.41) is 14.4. The van der Waals surface area contributed by atoms with Gasteiger partial charge >= 0.3 is 0 Å². The van der Waals surface area contributed by atoms with Crippen LogP contribution in [0.5, 0.6) is 5.75 Å². The second kappa shape index (κ2) is 6.50. The summed E-state index contributed by atoms with van der Waals surface area (Å²) in [4.78, 5) is 12.1. The number of carbonyl (C=O) groups excluding carboxylic acids is 1. The Labute approximate surface area is 136 Å². The molecule has 0 bridgehead atoms. The van der Waals surface area contributed by atoms with Crippen molar-refractivity contribution in [1.29, 1.82) is 0 Å². The van der Waals surface area contributed by atoms with Gasteiger partial charge in [0.05, 0.1) is 17.7 Å². The van der Waals surface area contributed by atoms with Crippen molar-refractivity contribution in [3.05, 3.63) is 34.1 Å². The topological polar surface area (TPSA) is 81.9 Å². The molecule has 116 valence electrons. The number of nitrogens with zero attached hydrogens (tertiary/aromatic N) is 4. The molecule has 7 nitrogen and oxygen atoms in total. The van der Waals surface area contributed by atoms with Crippen LogP contribution in [0.25, 0.3) is 0 Å². The van der Waals surface area contributed by atoms with Crippen LogP contribution in [0.1, 0.15) is 24.4 Å². The Morgan fingerprint density at radius 1 is 1.45 bits per heavy atom. The van der Waals surface area contributed by atoms with Gasteiger partial charge in [0.15, 0.2) is 0 Å². The third kappa shape index (κ3) is 3.15. The zero-order chi connectivity index (χ0) is 15.5. The lowest BCUT2D eigenvalue weighted by molar-refractivity contribution is -0.122. The van der Waals surface area contributed by atoms with Gasteiger partial charge in [-0.25, -0.2) is 4.68 Å². The Balaban J connectivity index is 1.80. The highest BCUT2D eigenvalue weighted by Gasteiger charge is 2.24. The molecule has 0 fully saturated rings. The summed E-state index contributed by atoms with van der Waals surface area (Å²) < 4.78 is 7.03. The molecule has 1 N–H and O–H groups in total. The Bertz CT molecular complexity index is 677. The second-order valence-electron chi connectivity index (χ2n) is 4.90. The van der Waals surface area contributed by atoms with Gasteiger partial charge in [0, 0.05) is 5.56 Å². The van der Waals surface area contributed by atoms with Crippen LogP contribution < -0.4 is 10.1 Å². The molecule has 1 amide bonds. The standard InChI is InChI=1S/C13H13Cl2N5O2/c14-9-4-3-8-10(2-1-5-22-13(8)12(9)15)17-11(21)6-20-7-16-18-19-20/h3-4,7,10H,1-2,5-6H2,(H,17,21). The third-order valence-corrected chi connectivity index (χ3v) is 4.16. The van der Waals surface area contributed by atoms with Gasteiger partial charge in [0.25, 0.3) is 0 Å². The highest BCUT2D eigenvalue weighted by Crippen LogP contribution is 2.40. The predicted octanol–water partition coefficient (Wildman–Crippen LogP) is 2.01. The first kappa shape index (κ1) is 15.1. The van der Waals surface area contributed by atoms with Crippen LogP contribution in [-0.4, -0.2) is 32.7 Å². The molecular weight excluding hydrogens is 329 g/mol. The van der Waals surface area contributed by atoms with E-state index in [1.807, 2.05) is 6.07 Å². The van der Waals surface area contributed by atoms with Crippen molar-refractivity contribution in [2.45, 2.75) is 25.4 Å². The minimum Gasteiger partial charge on any atom is -0.492 e. The van der Waals surface area contributed by atoms with Crippen molar-refractivity contribution in [1.82, 2.24) is 25.5 Å². The first-order valence-electron chi connectivity index (χ1n) is 6.76. The fourth-order valence-corrected chi connectivity index (χ4v) is 2.75. The van der Waals surface area contributed by atoms with Crippen LogP contribution in [0.15, 0.2) is 18.5 Å². The van der Waals surface area contributed by atoms with E-state index in [4.69, 9.17) is 27.9 Å². The van der Waals surface area contributed by atoms with Gasteiger partial charge in [-0.2, -0.15) is 0 Å². The lowest BCUT2D eigenvalue weighted by Gasteiger charge is -2.19. The van der Waals surface area contributed by atoms with Crippen LogP contribution >= 0.6 is 23.2 Å². The number of carbonyl (C=O) groups is 1.